The number of benzene rings is 1. The zero-order valence-corrected chi connectivity index (χ0v) is 14.2. The summed E-state index contributed by atoms with van der Waals surface area (Å²) < 4.78 is 0. The van der Waals surface area contributed by atoms with E-state index in [0.29, 0.717) is 24.3 Å². The Bertz CT molecular complexity index is 505. The van der Waals surface area contributed by atoms with Crippen LogP contribution in [0.2, 0.25) is 0 Å². The first kappa shape index (κ1) is 18.0. The second-order valence-corrected chi connectivity index (χ2v) is 5.87. The van der Waals surface area contributed by atoms with Crippen molar-refractivity contribution in [1.29, 1.82) is 0 Å². The molecule has 0 aromatic heterocycles. The first-order valence-corrected chi connectivity index (χ1v) is 7.81. The maximum Gasteiger partial charge on any atom is 0.321 e. The predicted octanol–water partition coefficient (Wildman–Crippen LogP) is 3.48. The summed E-state index contributed by atoms with van der Waals surface area (Å²) in [5, 5.41) is 5.81. The van der Waals surface area contributed by atoms with Gasteiger partial charge in [-0.25, -0.2) is 4.79 Å². The summed E-state index contributed by atoms with van der Waals surface area (Å²) in [5.74, 6) is -0.103. The molecule has 0 spiro atoms. The van der Waals surface area contributed by atoms with Gasteiger partial charge in [-0.05, 0) is 58.4 Å². The lowest BCUT2D eigenvalue weighted by atomic mass is 10.0. The normalized spacial score (nSPS) is 11.0. The zero-order chi connectivity index (χ0) is 16.8. The van der Waals surface area contributed by atoms with E-state index in [1.807, 2.05) is 34.6 Å². The first-order valence-electron chi connectivity index (χ1n) is 7.81. The summed E-state index contributed by atoms with van der Waals surface area (Å²) in [6.45, 7) is 11.2. The van der Waals surface area contributed by atoms with E-state index in [0.717, 1.165) is 6.42 Å². The fraction of sp³-hybridized carbons (Fsp3) is 0.529. The summed E-state index contributed by atoms with van der Waals surface area (Å²) >= 11 is 0. The monoisotopic (exact) mass is 305 g/mol. The summed E-state index contributed by atoms with van der Waals surface area (Å²) in [5.41, 5.74) is 1.04. The first-order chi connectivity index (χ1) is 10.3. The molecule has 2 N–H and O–H groups in total. The molecule has 0 saturated heterocycles. The van der Waals surface area contributed by atoms with Crippen molar-refractivity contribution in [3.05, 3.63) is 29.8 Å². The number of nitrogens with one attached hydrogen (secondary N) is 2. The van der Waals surface area contributed by atoms with E-state index in [9.17, 15) is 9.59 Å². The Hall–Kier alpha value is -2.04. The SMILES string of the molecule is CCN(CC)C(=O)Nc1ccc(C(=O)NC(C)(C)CC)cc1. The minimum Gasteiger partial charge on any atom is -0.347 e. The molecule has 0 radical (unpaired) electrons. The van der Waals surface area contributed by atoms with Gasteiger partial charge >= 0.3 is 6.03 Å². The van der Waals surface area contributed by atoms with E-state index in [4.69, 9.17) is 0 Å². The Kier molecular flexibility index (Phi) is 6.40. The van der Waals surface area contributed by atoms with E-state index in [1.54, 1.807) is 29.2 Å². The van der Waals surface area contributed by atoms with Crippen LogP contribution in [0.3, 0.4) is 0 Å². The van der Waals surface area contributed by atoms with Crippen molar-refractivity contribution >= 4 is 17.6 Å². The Morgan fingerprint density at radius 3 is 2.05 bits per heavy atom. The number of urea groups is 1. The minimum atomic E-state index is -0.229. The minimum absolute atomic E-state index is 0.103. The fourth-order valence-corrected chi connectivity index (χ4v) is 1.89. The zero-order valence-electron chi connectivity index (χ0n) is 14.2. The molecule has 0 saturated carbocycles. The fourth-order valence-electron chi connectivity index (χ4n) is 1.89. The molecule has 1 aromatic carbocycles. The van der Waals surface area contributed by atoms with E-state index < -0.39 is 0 Å². The highest BCUT2D eigenvalue weighted by molar-refractivity contribution is 5.95. The molecule has 22 heavy (non-hydrogen) atoms. The molecule has 0 aliphatic heterocycles. The van der Waals surface area contributed by atoms with Gasteiger partial charge < -0.3 is 15.5 Å². The molecule has 5 nitrogen and oxygen atoms in total. The van der Waals surface area contributed by atoms with Crippen LogP contribution in [0.25, 0.3) is 0 Å². The van der Waals surface area contributed by atoms with Crippen LogP contribution < -0.4 is 10.6 Å². The van der Waals surface area contributed by atoms with Gasteiger partial charge in [0.25, 0.3) is 5.91 Å². The number of carbonyl (C=O) groups is 2. The maximum absolute atomic E-state index is 12.1. The van der Waals surface area contributed by atoms with Crippen LogP contribution >= 0.6 is 0 Å². The summed E-state index contributed by atoms with van der Waals surface area (Å²) in [6, 6.07) is 6.80. The van der Waals surface area contributed by atoms with Gasteiger partial charge in [0.05, 0.1) is 0 Å². The van der Waals surface area contributed by atoms with E-state index in [2.05, 4.69) is 10.6 Å². The van der Waals surface area contributed by atoms with Crippen molar-refractivity contribution in [2.75, 3.05) is 18.4 Å². The third-order valence-corrected chi connectivity index (χ3v) is 3.78. The molecule has 3 amide bonds. The summed E-state index contributed by atoms with van der Waals surface area (Å²) in [4.78, 5) is 25.8. The predicted molar refractivity (Wildman–Crippen MR) is 90.2 cm³/mol. The molecule has 0 fully saturated rings. The second-order valence-electron chi connectivity index (χ2n) is 5.87. The Balaban J connectivity index is 2.71. The molecule has 0 heterocycles. The summed E-state index contributed by atoms with van der Waals surface area (Å²) in [7, 11) is 0. The molecule has 0 aliphatic rings. The lowest BCUT2D eigenvalue weighted by Crippen LogP contribution is -2.42. The molecule has 0 atom stereocenters. The van der Waals surface area contributed by atoms with Crippen LogP contribution in [0, 0.1) is 0 Å². The van der Waals surface area contributed by atoms with Crippen LogP contribution in [0.15, 0.2) is 24.3 Å². The van der Waals surface area contributed by atoms with Crippen molar-refractivity contribution in [2.24, 2.45) is 0 Å². The third kappa shape index (κ3) is 5.06. The molecular weight excluding hydrogens is 278 g/mol. The smallest absolute Gasteiger partial charge is 0.321 e. The Morgan fingerprint density at radius 1 is 1.05 bits per heavy atom. The van der Waals surface area contributed by atoms with Gasteiger partial charge in [0.1, 0.15) is 0 Å². The highest BCUT2D eigenvalue weighted by atomic mass is 16.2. The number of rotatable bonds is 6. The van der Waals surface area contributed by atoms with Crippen LogP contribution in [0.5, 0.6) is 0 Å². The third-order valence-electron chi connectivity index (χ3n) is 3.78. The number of hydrogen-bond donors (Lipinski definition) is 2. The van der Waals surface area contributed by atoms with Crippen molar-refractivity contribution in [3.8, 4) is 0 Å². The van der Waals surface area contributed by atoms with Crippen LogP contribution in [-0.2, 0) is 0 Å². The van der Waals surface area contributed by atoms with E-state index in [1.165, 1.54) is 0 Å². The summed E-state index contributed by atoms with van der Waals surface area (Å²) in [6.07, 6.45) is 0.858. The van der Waals surface area contributed by atoms with Gasteiger partial charge in [0, 0.05) is 29.9 Å². The number of hydrogen-bond acceptors (Lipinski definition) is 2. The molecule has 0 unspecified atom stereocenters. The topological polar surface area (TPSA) is 61.4 Å². The maximum atomic E-state index is 12.1. The molecule has 0 bridgehead atoms. The second kappa shape index (κ2) is 7.82. The van der Waals surface area contributed by atoms with Crippen LogP contribution in [-0.4, -0.2) is 35.5 Å². The average Bonchev–Trinajstić information content (AvgIpc) is 2.48. The van der Waals surface area contributed by atoms with Crippen LogP contribution in [0.4, 0.5) is 10.5 Å². The van der Waals surface area contributed by atoms with Crippen molar-refractivity contribution in [3.63, 3.8) is 0 Å². The van der Waals surface area contributed by atoms with E-state index in [-0.39, 0.29) is 17.5 Å². The molecule has 0 aliphatic carbocycles. The van der Waals surface area contributed by atoms with Crippen molar-refractivity contribution in [1.82, 2.24) is 10.2 Å². The number of nitrogens with zero attached hydrogens (tertiary/aromatic N) is 1. The standard InChI is InChI=1S/C17H27N3O2/c1-6-17(4,5)19-15(21)13-9-11-14(12-10-13)18-16(22)20(7-2)8-3/h9-12H,6-8H2,1-5H3,(H,18,22)(H,19,21). The molecule has 5 heteroatoms. The molecule has 122 valence electrons. The molecular formula is C17H27N3O2. The van der Waals surface area contributed by atoms with E-state index >= 15 is 0 Å². The number of carbonyl (C=O) groups excluding carboxylic acids is 2. The van der Waals surface area contributed by atoms with Crippen molar-refractivity contribution in [2.45, 2.75) is 46.6 Å². The van der Waals surface area contributed by atoms with Gasteiger partial charge in [0.15, 0.2) is 0 Å². The highest BCUT2D eigenvalue weighted by Crippen LogP contribution is 2.13. The van der Waals surface area contributed by atoms with Crippen LogP contribution in [0.1, 0.15) is 51.4 Å². The number of amides is 3. The Labute approximate surface area is 133 Å². The highest BCUT2D eigenvalue weighted by Gasteiger charge is 2.18. The molecule has 1 aromatic rings. The van der Waals surface area contributed by atoms with Gasteiger partial charge in [-0.2, -0.15) is 0 Å². The van der Waals surface area contributed by atoms with Gasteiger partial charge in [0.2, 0.25) is 0 Å². The quantitative estimate of drug-likeness (QED) is 0.845. The average molecular weight is 305 g/mol. The van der Waals surface area contributed by atoms with Gasteiger partial charge in [-0.1, -0.05) is 6.92 Å². The van der Waals surface area contributed by atoms with Gasteiger partial charge in [-0.3, -0.25) is 4.79 Å². The lowest BCUT2D eigenvalue weighted by Gasteiger charge is -2.24. The lowest BCUT2D eigenvalue weighted by molar-refractivity contribution is 0.0911. The van der Waals surface area contributed by atoms with Crippen molar-refractivity contribution < 1.29 is 9.59 Å². The van der Waals surface area contributed by atoms with Gasteiger partial charge in [-0.15, -0.1) is 0 Å². The molecule has 1 rings (SSSR count). The largest absolute Gasteiger partial charge is 0.347 e. The number of anilines is 1. The Morgan fingerprint density at radius 2 is 1.59 bits per heavy atom.